The van der Waals surface area contributed by atoms with E-state index in [0.717, 1.165) is 0 Å². The molecule has 0 heterocycles. The van der Waals surface area contributed by atoms with Crippen LogP contribution in [0.5, 0.6) is 0 Å². The Morgan fingerprint density at radius 1 is 1.17 bits per heavy atom. The molecule has 0 aromatic heterocycles. The van der Waals surface area contributed by atoms with Gasteiger partial charge in [0, 0.05) is 0 Å². The van der Waals surface area contributed by atoms with Gasteiger partial charge in [0.05, 0.1) is 18.8 Å². The summed E-state index contributed by atoms with van der Waals surface area (Å²) in [6.07, 6.45) is 2.19. The lowest BCUT2D eigenvalue weighted by molar-refractivity contribution is 0.496. The molecule has 0 aromatic rings. The van der Waals surface area contributed by atoms with Crippen LogP contribution in [0.4, 0.5) is 0 Å². The Hall–Kier alpha value is -0.130. The summed E-state index contributed by atoms with van der Waals surface area (Å²) < 4.78 is 0. The fraction of sp³-hybridized carbons (Fsp3) is 0.833. The van der Waals surface area contributed by atoms with Crippen LogP contribution in [0.2, 0.25) is 0 Å². The molecule has 0 aliphatic heterocycles. The lowest BCUT2D eigenvalue weighted by Gasteiger charge is -2.02. The third-order valence-corrected chi connectivity index (χ3v) is 0.866. The molecule has 0 amide bonds. The van der Waals surface area contributed by atoms with E-state index in [0.29, 0.717) is 5.41 Å². The lowest BCUT2D eigenvalue weighted by atomic mass is 9.94. The fourth-order valence-electron chi connectivity index (χ4n) is 0. The molecule has 0 N–H and O–H groups in total. The Morgan fingerprint density at radius 3 is 1.33 bits per heavy atom. The van der Waals surface area contributed by atoms with E-state index < -0.39 is 0 Å². The molecule has 0 atom stereocenters. The summed E-state index contributed by atoms with van der Waals surface area (Å²) >= 11 is 0. The van der Waals surface area contributed by atoms with Crippen LogP contribution in [-0.2, 0) is 0 Å². The van der Waals surface area contributed by atoms with Gasteiger partial charge in [-0.2, -0.15) is 0 Å². The van der Waals surface area contributed by atoms with E-state index in [1.54, 1.807) is 0 Å². The molecule has 0 saturated carbocycles. The van der Waals surface area contributed by atoms with Gasteiger partial charge < -0.3 is 0 Å². The highest BCUT2D eigenvalue weighted by atomic mass is 14.1. The molecule has 0 aliphatic rings. The maximum atomic E-state index is 2.19. The molecule has 6 heavy (non-hydrogen) atoms. The molecule has 0 aromatic carbocycles. The highest BCUT2D eigenvalue weighted by Crippen LogP contribution is 2.14. The highest BCUT2D eigenvalue weighted by Gasteiger charge is 2.13. The van der Waals surface area contributed by atoms with Crippen molar-refractivity contribution in [3.05, 3.63) is 6.42 Å². The SMILES string of the molecule is C[CH+]C(C)(C)C. The minimum atomic E-state index is 0.417. The lowest BCUT2D eigenvalue weighted by Crippen LogP contribution is -2.01. The van der Waals surface area contributed by atoms with E-state index in [1.807, 2.05) is 0 Å². The second-order valence-electron chi connectivity index (χ2n) is 2.65. The van der Waals surface area contributed by atoms with Gasteiger partial charge in [-0.25, -0.2) is 0 Å². The molecule has 0 bridgehead atoms. The first-order chi connectivity index (χ1) is 2.56. The van der Waals surface area contributed by atoms with Crippen molar-refractivity contribution in [2.24, 2.45) is 5.41 Å². The summed E-state index contributed by atoms with van der Waals surface area (Å²) in [7, 11) is 0. The van der Waals surface area contributed by atoms with Crippen LogP contribution in [0.15, 0.2) is 0 Å². The third kappa shape index (κ3) is 3.87. The number of hydrogen-bond acceptors (Lipinski definition) is 0. The minimum absolute atomic E-state index is 0.417. The van der Waals surface area contributed by atoms with Crippen molar-refractivity contribution in [3.8, 4) is 0 Å². The molecule has 0 aliphatic carbocycles. The van der Waals surface area contributed by atoms with Crippen molar-refractivity contribution in [1.82, 2.24) is 0 Å². The first-order valence-electron chi connectivity index (χ1n) is 2.37. The van der Waals surface area contributed by atoms with Crippen LogP contribution in [0.25, 0.3) is 0 Å². The van der Waals surface area contributed by atoms with Gasteiger partial charge >= 0.3 is 0 Å². The van der Waals surface area contributed by atoms with Crippen molar-refractivity contribution in [1.29, 1.82) is 0 Å². The zero-order valence-corrected chi connectivity index (χ0v) is 5.08. The second kappa shape index (κ2) is 1.55. The predicted octanol–water partition coefficient (Wildman–Crippen LogP) is 2.26. The quantitative estimate of drug-likeness (QED) is 0.396. The van der Waals surface area contributed by atoms with Gasteiger partial charge in [-0.3, -0.25) is 0 Å². The van der Waals surface area contributed by atoms with Crippen LogP contribution in [0.3, 0.4) is 0 Å². The molecule has 0 rings (SSSR count). The van der Waals surface area contributed by atoms with Crippen molar-refractivity contribution in [2.75, 3.05) is 0 Å². The monoisotopic (exact) mass is 85.1 g/mol. The maximum Gasteiger partial charge on any atom is 0.0991 e. The Labute approximate surface area is 40.6 Å². The second-order valence-corrected chi connectivity index (χ2v) is 2.65. The van der Waals surface area contributed by atoms with Crippen molar-refractivity contribution in [3.63, 3.8) is 0 Å². The zero-order chi connectivity index (χ0) is 5.21. The van der Waals surface area contributed by atoms with Crippen LogP contribution in [0.1, 0.15) is 27.7 Å². The molecule has 0 saturated heterocycles. The largest absolute Gasteiger partial charge is 0.0991 e. The topological polar surface area (TPSA) is 0 Å². The van der Waals surface area contributed by atoms with Gasteiger partial charge in [0.1, 0.15) is 0 Å². The molecule has 0 fully saturated rings. The normalized spacial score (nSPS) is 11.3. The van der Waals surface area contributed by atoms with Gasteiger partial charge in [0.15, 0.2) is 0 Å². The van der Waals surface area contributed by atoms with E-state index in [2.05, 4.69) is 34.1 Å². The fourth-order valence-corrected chi connectivity index (χ4v) is 0. The molecular formula is C6H13+. The van der Waals surface area contributed by atoms with Gasteiger partial charge in [-0.05, 0) is 20.8 Å². The molecule has 0 nitrogen and oxygen atoms in total. The summed E-state index contributed by atoms with van der Waals surface area (Å²) in [4.78, 5) is 0. The standard InChI is InChI=1S/C6H13/c1-5-6(2,3)4/h5H,1-4H3/q+1. The Balaban J connectivity index is 3.17. The van der Waals surface area contributed by atoms with Crippen molar-refractivity contribution < 1.29 is 0 Å². The van der Waals surface area contributed by atoms with E-state index in [-0.39, 0.29) is 0 Å². The van der Waals surface area contributed by atoms with Crippen LogP contribution >= 0.6 is 0 Å². The van der Waals surface area contributed by atoms with Crippen LogP contribution in [0, 0.1) is 11.8 Å². The summed E-state index contributed by atoms with van der Waals surface area (Å²) in [6.45, 7) is 8.65. The average molecular weight is 85.2 g/mol. The molecule has 36 valence electrons. The smallest absolute Gasteiger partial charge is 0.0192 e. The van der Waals surface area contributed by atoms with Crippen molar-refractivity contribution >= 4 is 0 Å². The highest BCUT2D eigenvalue weighted by molar-refractivity contribution is 4.74. The van der Waals surface area contributed by atoms with E-state index in [9.17, 15) is 0 Å². The third-order valence-electron chi connectivity index (χ3n) is 0.866. The number of rotatable bonds is 0. The summed E-state index contributed by atoms with van der Waals surface area (Å²) in [5, 5.41) is 0. The average Bonchev–Trinajstić information content (AvgIpc) is 1.35. The number of hydrogen-bond donors (Lipinski definition) is 0. The molecule has 0 spiro atoms. The van der Waals surface area contributed by atoms with Gasteiger partial charge in [-0.1, -0.05) is 0 Å². The molecule has 0 heteroatoms. The van der Waals surface area contributed by atoms with Gasteiger partial charge in [0.25, 0.3) is 0 Å². The first kappa shape index (κ1) is 5.87. The summed E-state index contributed by atoms with van der Waals surface area (Å²) in [6, 6.07) is 0. The van der Waals surface area contributed by atoms with Gasteiger partial charge in [-0.15, -0.1) is 0 Å². The van der Waals surface area contributed by atoms with E-state index in [1.165, 1.54) is 0 Å². The zero-order valence-electron chi connectivity index (χ0n) is 5.08. The summed E-state index contributed by atoms with van der Waals surface area (Å²) in [5.41, 5.74) is 0.417. The Morgan fingerprint density at radius 2 is 1.33 bits per heavy atom. The van der Waals surface area contributed by atoms with Crippen LogP contribution < -0.4 is 0 Å². The summed E-state index contributed by atoms with van der Waals surface area (Å²) in [5.74, 6) is 0. The predicted molar refractivity (Wildman–Crippen MR) is 29.4 cm³/mol. The van der Waals surface area contributed by atoms with Crippen LogP contribution in [-0.4, -0.2) is 0 Å². The van der Waals surface area contributed by atoms with E-state index >= 15 is 0 Å². The molecule has 0 radical (unpaired) electrons. The minimum Gasteiger partial charge on any atom is -0.0192 e. The molecule has 0 unspecified atom stereocenters. The molecular weight excluding hydrogens is 72.1 g/mol. The Kier molecular flexibility index (Phi) is 1.51. The van der Waals surface area contributed by atoms with Gasteiger partial charge in [0.2, 0.25) is 0 Å². The van der Waals surface area contributed by atoms with E-state index in [4.69, 9.17) is 0 Å². The Bertz CT molecular complexity index is 29.8. The van der Waals surface area contributed by atoms with Crippen molar-refractivity contribution in [2.45, 2.75) is 27.7 Å². The maximum absolute atomic E-state index is 2.19. The first-order valence-corrected chi connectivity index (χ1v) is 2.37.